The summed E-state index contributed by atoms with van der Waals surface area (Å²) in [5.74, 6) is 0. The third-order valence-corrected chi connectivity index (χ3v) is 15.9. The Morgan fingerprint density at radius 2 is 0.639 bits per heavy atom. The van der Waals surface area contributed by atoms with Crippen LogP contribution in [0.15, 0.2) is 267 Å². The zero-order chi connectivity index (χ0) is 48.0. The molecule has 0 bridgehead atoms. The third-order valence-electron chi connectivity index (χ3n) is 15.9. The largest absolute Gasteiger partial charge is 0.310 e. The molecule has 3 aliphatic rings. The molecular formula is C70H50N2. The molecule has 0 saturated carbocycles. The van der Waals surface area contributed by atoms with Gasteiger partial charge in [0, 0.05) is 28.2 Å². The Hall–Kier alpha value is -8.98. The van der Waals surface area contributed by atoms with Crippen molar-refractivity contribution in [3.63, 3.8) is 0 Å². The highest BCUT2D eigenvalue weighted by molar-refractivity contribution is 5.97. The lowest BCUT2D eigenvalue weighted by Gasteiger charge is -2.45. The van der Waals surface area contributed by atoms with E-state index in [9.17, 15) is 0 Å². The van der Waals surface area contributed by atoms with Gasteiger partial charge in [0.1, 0.15) is 0 Å². The van der Waals surface area contributed by atoms with Gasteiger partial charge in [-0.3, -0.25) is 0 Å². The van der Waals surface area contributed by atoms with E-state index >= 15 is 0 Å². The fraction of sp³-hybridized carbons (Fsp3) is 0.0571. The lowest BCUT2D eigenvalue weighted by Crippen LogP contribution is -2.36. The summed E-state index contributed by atoms with van der Waals surface area (Å²) in [6, 6.07) is 99.0. The molecular weight excluding hydrogens is 869 g/mol. The number of rotatable bonds is 7. The van der Waals surface area contributed by atoms with Crippen molar-refractivity contribution in [3.05, 3.63) is 300 Å². The lowest BCUT2D eigenvalue weighted by atomic mass is 9.64. The van der Waals surface area contributed by atoms with Gasteiger partial charge in [0.25, 0.3) is 0 Å². The lowest BCUT2D eigenvalue weighted by molar-refractivity contribution is 0.660. The third kappa shape index (κ3) is 6.28. The summed E-state index contributed by atoms with van der Waals surface area (Å²) in [6.07, 6.45) is 0. The average molecular weight is 919 g/mol. The second kappa shape index (κ2) is 16.3. The predicted molar refractivity (Wildman–Crippen MR) is 301 cm³/mol. The average Bonchev–Trinajstić information content (AvgIpc) is 3.87. The first-order chi connectivity index (χ1) is 35.5. The van der Waals surface area contributed by atoms with Crippen LogP contribution in [0.1, 0.15) is 47.2 Å². The number of hydrogen-bond acceptors (Lipinski definition) is 2. The summed E-state index contributed by atoms with van der Waals surface area (Å²) in [4.78, 5) is 4.94. The summed E-state index contributed by atoms with van der Waals surface area (Å²) in [5, 5.41) is 0. The highest BCUT2D eigenvalue weighted by atomic mass is 15.2. The van der Waals surface area contributed by atoms with Crippen molar-refractivity contribution in [3.8, 4) is 55.6 Å². The first kappa shape index (κ1) is 41.9. The Bertz CT molecular complexity index is 3820. The summed E-state index contributed by atoms with van der Waals surface area (Å²) in [7, 11) is 0. The Balaban J connectivity index is 0.913. The molecule has 1 aliphatic heterocycles. The summed E-state index contributed by atoms with van der Waals surface area (Å²) in [6.45, 7) is 4.75. The molecule has 0 atom stereocenters. The van der Waals surface area contributed by atoms with Crippen LogP contribution in [0.5, 0.6) is 0 Å². The molecule has 1 heterocycles. The first-order valence-electron chi connectivity index (χ1n) is 25.2. The summed E-state index contributed by atoms with van der Waals surface area (Å²) >= 11 is 0. The fourth-order valence-corrected chi connectivity index (χ4v) is 12.5. The Morgan fingerprint density at radius 1 is 0.278 bits per heavy atom. The SMILES string of the molecule is CC1(C)c2ccccc2-c2ccc(N(c3ccc(-c4ccc(-c5ccc(-c6ccccc6)cc5)cc4)cc3)c3ccc4c(c3)C3(c5ccccc5-4)c4ccccc4N(c4ccccc4)c4ccccc43)cc21. The second-order valence-electron chi connectivity index (χ2n) is 20.0. The summed E-state index contributed by atoms with van der Waals surface area (Å²) < 4.78 is 0. The van der Waals surface area contributed by atoms with Gasteiger partial charge in [0.15, 0.2) is 0 Å². The molecule has 0 saturated heterocycles. The molecule has 11 aromatic rings. The fourth-order valence-electron chi connectivity index (χ4n) is 12.5. The van der Waals surface area contributed by atoms with E-state index in [4.69, 9.17) is 0 Å². The highest BCUT2D eigenvalue weighted by Crippen LogP contribution is 2.64. The minimum Gasteiger partial charge on any atom is -0.310 e. The number of para-hydroxylation sites is 3. The zero-order valence-electron chi connectivity index (χ0n) is 40.3. The van der Waals surface area contributed by atoms with E-state index in [0.717, 1.165) is 22.7 Å². The Morgan fingerprint density at radius 3 is 1.18 bits per heavy atom. The minimum atomic E-state index is -0.576. The van der Waals surface area contributed by atoms with Gasteiger partial charge in [-0.2, -0.15) is 0 Å². The van der Waals surface area contributed by atoms with E-state index in [1.54, 1.807) is 0 Å². The maximum Gasteiger partial charge on any atom is 0.0755 e. The molecule has 0 fully saturated rings. The van der Waals surface area contributed by atoms with Crippen LogP contribution in [-0.2, 0) is 10.8 Å². The predicted octanol–water partition coefficient (Wildman–Crippen LogP) is 18.6. The molecule has 340 valence electrons. The quantitative estimate of drug-likeness (QED) is 0.157. The molecule has 14 rings (SSSR count). The highest BCUT2D eigenvalue weighted by Gasteiger charge is 2.52. The van der Waals surface area contributed by atoms with E-state index < -0.39 is 5.41 Å². The normalized spacial score (nSPS) is 13.9. The van der Waals surface area contributed by atoms with Crippen LogP contribution >= 0.6 is 0 Å². The molecule has 0 unspecified atom stereocenters. The van der Waals surface area contributed by atoms with Gasteiger partial charge in [0.05, 0.1) is 16.8 Å². The van der Waals surface area contributed by atoms with E-state index in [1.807, 2.05) is 0 Å². The van der Waals surface area contributed by atoms with Crippen molar-refractivity contribution in [2.24, 2.45) is 0 Å². The second-order valence-corrected chi connectivity index (χ2v) is 20.0. The molecule has 2 heteroatoms. The molecule has 0 amide bonds. The molecule has 0 radical (unpaired) electrons. The van der Waals surface area contributed by atoms with Crippen LogP contribution < -0.4 is 9.80 Å². The van der Waals surface area contributed by atoms with E-state index in [1.165, 1.54) is 100 Å². The van der Waals surface area contributed by atoms with Gasteiger partial charge in [-0.1, -0.05) is 220 Å². The van der Waals surface area contributed by atoms with Crippen molar-refractivity contribution >= 4 is 34.1 Å². The number of benzene rings is 11. The molecule has 0 N–H and O–H groups in total. The van der Waals surface area contributed by atoms with Crippen molar-refractivity contribution in [2.75, 3.05) is 9.80 Å². The topological polar surface area (TPSA) is 6.48 Å². The van der Waals surface area contributed by atoms with Gasteiger partial charge < -0.3 is 9.80 Å². The zero-order valence-corrected chi connectivity index (χ0v) is 40.3. The van der Waals surface area contributed by atoms with Crippen LogP contribution in [0.25, 0.3) is 55.6 Å². The van der Waals surface area contributed by atoms with E-state index in [-0.39, 0.29) is 5.41 Å². The van der Waals surface area contributed by atoms with Crippen molar-refractivity contribution < 1.29 is 0 Å². The van der Waals surface area contributed by atoms with Crippen molar-refractivity contribution in [2.45, 2.75) is 24.7 Å². The Labute approximate surface area is 422 Å². The molecule has 72 heavy (non-hydrogen) atoms. The smallest absolute Gasteiger partial charge is 0.0755 e. The van der Waals surface area contributed by atoms with E-state index in [2.05, 4.69) is 291 Å². The van der Waals surface area contributed by atoms with Crippen LogP contribution in [-0.4, -0.2) is 0 Å². The summed E-state index contributed by atoms with van der Waals surface area (Å²) in [5.41, 5.74) is 26.4. The Kier molecular flexibility index (Phi) is 9.50. The monoisotopic (exact) mass is 918 g/mol. The number of nitrogens with zero attached hydrogens (tertiary/aromatic N) is 2. The van der Waals surface area contributed by atoms with Crippen LogP contribution in [0.2, 0.25) is 0 Å². The van der Waals surface area contributed by atoms with Gasteiger partial charge >= 0.3 is 0 Å². The van der Waals surface area contributed by atoms with Gasteiger partial charge in [-0.15, -0.1) is 0 Å². The molecule has 2 nitrogen and oxygen atoms in total. The maximum atomic E-state index is 2.51. The standard InChI is InChI=1S/C70H50N2/c1-69(2)61-23-11-9-21-57(61)59-43-41-55(45-65(59)69)71(54-39-37-52(38-40-54)51-35-33-50(34-36-51)49-31-29-48(30-32-49)47-17-5-3-6-18-47)56-42-44-60-58-22-10-12-24-62(58)70(66(60)46-56)63-25-13-15-27-67(63)72(53-19-7-4-8-20-53)68-28-16-14-26-64(68)70/h3-46H,1-2H3. The number of hydrogen-bond donors (Lipinski definition) is 0. The van der Waals surface area contributed by atoms with Crippen LogP contribution in [0.4, 0.5) is 34.1 Å². The van der Waals surface area contributed by atoms with Gasteiger partial charge in [-0.05, 0) is 150 Å². The van der Waals surface area contributed by atoms with Crippen LogP contribution in [0.3, 0.4) is 0 Å². The van der Waals surface area contributed by atoms with Gasteiger partial charge in [-0.25, -0.2) is 0 Å². The molecule has 11 aromatic carbocycles. The minimum absolute atomic E-state index is 0.155. The molecule has 0 aromatic heterocycles. The molecule has 2 aliphatic carbocycles. The molecule has 1 spiro atoms. The number of anilines is 6. The van der Waals surface area contributed by atoms with Gasteiger partial charge in [0.2, 0.25) is 0 Å². The first-order valence-corrected chi connectivity index (χ1v) is 25.2. The van der Waals surface area contributed by atoms with E-state index in [0.29, 0.717) is 0 Å². The maximum absolute atomic E-state index is 2.51. The van der Waals surface area contributed by atoms with Crippen LogP contribution in [0, 0.1) is 0 Å². The van der Waals surface area contributed by atoms with Crippen molar-refractivity contribution in [1.29, 1.82) is 0 Å². The number of fused-ring (bicyclic) bond motifs is 12. The van der Waals surface area contributed by atoms with Crippen molar-refractivity contribution in [1.82, 2.24) is 0 Å².